The van der Waals surface area contributed by atoms with Crippen molar-refractivity contribution in [2.45, 2.75) is 77.4 Å². The lowest BCUT2D eigenvalue weighted by Crippen LogP contribution is -2.58. The van der Waals surface area contributed by atoms with Crippen molar-refractivity contribution in [1.82, 2.24) is 4.90 Å². The molecule has 0 aromatic heterocycles. The van der Waals surface area contributed by atoms with Gasteiger partial charge >= 0.3 is 0 Å². The number of benzene rings is 1. The zero-order chi connectivity index (χ0) is 23.1. The second kappa shape index (κ2) is 8.41. The quantitative estimate of drug-likeness (QED) is 0.620. The molecule has 1 saturated heterocycles. The number of aromatic hydroxyl groups is 1. The van der Waals surface area contributed by atoms with Gasteiger partial charge in [0.1, 0.15) is 5.75 Å². The molecular formula is C23H39NO5S. The third-order valence-electron chi connectivity index (χ3n) is 7.53. The van der Waals surface area contributed by atoms with Crippen molar-refractivity contribution in [3.8, 4) is 5.75 Å². The van der Waals surface area contributed by atoms with Gasteiger partial charge in [0.15, 0.2) is 0 Å². The van der Waals surface area contributed by atoms with Crippen LogP contribution in [0.5, 0.6) is 5.75 Å². The van der Waals surface area contributed by atoms with Gasteiger partial charge in [0, 0.05) is 6.04 Å². The number of nitrogens with zero attached hydrogens (tertiary/aromatic N) is 1. The first-order valence-corrected chi connectivity index (χ1v) is 12.5. The molecule has 4 atom stereocenters. The number of likely N-dealkylation sites (N-methyl/N-ethyl adjacent to an activating group) is 1. The molecule has 172 valence electrons. The van der Waals surface area contributed by atoms with Crippen molar-refractivity contribution in [2.75, 3.05) is 19.8 Å². The minimum absolute atomic E-state index is 0.0808. The number of hydrogen-bond acceptors (Lipinski definition) is 5. The molecule has 2 bridgehead atoms. The summed E-state index contributed by atoms with van der Waals surface area (Å²) in [5.41, 5.74) is 2.00. The van der Waals surface area contributed by atoms with Crippen molar-refractivity contribution < 1.29 is 23.2 Å². The van der Waals surface area contributed by atoms with Crippen LogP contribution in [0.3, 0.4) is 0 Å². The topological polar surface area (TPSA) is 98.1 Å². The van der Waals surface area contributed by atoms with E-state index in [0.29, 0.717) is 24.0 Å². The highest BCUT2D eigenvalue weighted by Crippen LogP contribution is 2.51. The summed E-state index contributed by atoms with van der Waals surface area (Å²) >= 11 is 0. The molecule has 3 N–H and O–H groups in total. The lowest BCUT2D eigenvalue weighted by molar-refractivity contribution is -0.0626. The lowest BCUT2D eigenvalue weighted by Gasteiger charge is -2.55. The Bertz CT molecular complexity index is 851. The third kappa shape index (κ3) is 5.55. The average molecular weight is 442 g/mol. The van der Waals surface area contributed by atoms with E-state index >= 15 is 0 Å². The molecule has 1 heterocycles. The predicted octanol–water partition coefficient (Wildman–Crippen LogP) is 3.61. The molecular weight excluding hydrogens is 402 g/mol. The molecule has 6 nitrogen and oxygen atoms in total. The summed E-state index contributed by atoms with van der Waals surface area (Å²) in [6.45, 7) is 11.8. The van der Waals surface area contributed by atoms with Crippen LogP contribution in [0.4, 0.5) is 0 Å². The summed E-state index contributed by atoms with van der Waals surface area (Å²) in [4.78, 5) is 2.51. The largest absolute Gasteiger partial charge is 0.508 e. The molecule has 0 saturated carbocycles. The van der Waals surface area contributed by atoms with Gasteiger partial charge in [-0.1, -0.05) is 33.8 Å². The van der Waals surface area contributed by atoms with E-state index in [1.165, 1.54) is 11.1 Å². The van der Waals surface area contributed by atoms with E-state index in [2.05, 4.69) is 45.7 Å². The van der Waals surface area contributed by atoms with E-state index in [1.54, 1.807) is 0 Å². The van der Waals surface area contributed by atoms with Crippen LogP contribution < -0.4 is 0 Å². The van der Waals surface area contributed by atoms with E-state index in [9.17, 15) is 18.6 Å². The van der Waals surface area contributed by atoms with Gasteiger partial charge in [-0.15, -0.1) is 0 Å². The van der Waals surface area contributed by atoms with Crippen molar-refractivity contribution in [2.24, 2.45) is 11.3 Å². The number of likely N-dealkylation sites (tertiary alicyclic amines) is 1. The molecule has 0 radical (unpaired) electrons. The fraction of sp³-hybridized carbons (Fsp3) is 0.739. The van der Waals surface area contributed by atoms with Crippen LogP contribution in [0.2, 0.25) is 0 Å². The summed E-state index contributed by atoms with van der Waals surface area (Å²) in [6, 6.07) is 6.44. The minimum Gasteiger partial charge on any atom is -0.508 e. The van der Waals surface area contributed by atoms with Gasteiger partial charge in [0.25, 0.3) is 10.1 Å². The fourth-order valence-corrected chi connectivity index (χ4v) is 4.95. The average Bonchev–Trinajstić information content (AvgIpc) is 2.56. The number of rotatable bonds is 3. The van der Waals surface area contributed by atoms with Crippen molar-refractivity contribution in [3.05, 3.63) is 29.3 Å². The Morgan fingerprint density at radius 2 is 1.80 bits per heavy atom. The van der Waals surface area contributed by atoms with Gasteiger partial charge < -0.3 is 15.1 Å². The highest BCUT2D eigenvalue weighted by Gasteiger charge is 2.50. The molecule has 1 aromatic carbocycles. The van der Waals surface area contributed by atoms with Gasteiger partial charge in [-0.25, -0.2) is 0 Å². The molecule has 30 heavy (non-hydrogen) atoms. The molecule has 1 aliphatic carbocycles. The Hall–Kier alpha value is -1.15. The van der Waals surface area contributed by atoms with Crippen LogP contribution in [0, 0.1) is 11.3 Å². The maximum atomic E-state index is 11.0. The van der Waals surface area contributed by atoms with Crippen molar-refractivity contribution >= 4 is 10.1 Å². The normalized spacial score (nSPS) is 28.7. The second-order valence-electron chi connectivity index (χ2n) is 10.7. The molecule has 2 aliphatic rings. The highest BCUT2D eigenvalue weighted by atomic mass is 32.2. The maximum absolute atomic E-state index is 11.0. The number of piperidine rings is 1. The highest BCUT2D eigenvalue weighted by molar-refractivity contribution is 7.85. The third-order valence-corrected chi connectivity index (χ3v) is 7.53. The van der Waals surface area contributed by atoms with Gasteiger partial charge in [0.05, 0.1) is 11.9 Å². The standard InChI is InChI=1S/C22H35NO2.CH4O3S/c1-20(2,3)22(5,25)10-9-17-19-13-15-7-8-16(24)14-18(15)21(17,4)11-12-23(19)6;1-5(2,3)4/h7-8,14,17,19,24-25H,9-13H2,1-6H3;1H3,(H,2,3,4)/t17-,19-,21+,22?;/m1./s1. The first kappa shape index (κ1) is 25.1. The zero-order valence-electron chi connectivity index (χ0n) is 19.4. The Morgan fingerprint density at radius 3 is 2.33 bits per heavy atom. The van der Waals surface area contributed by atoms with Crippen molar-refractivity contribution in [1.29, 1.82) is 0 Å². The Labute approximate surface area is 182 Å². The molecule has 1 aliphatic heterocycles. The SMILES string of the molecule is CN1CC[C@]2(C)c3cc(O)ccc3C[C@@H]1[C@H]2CCC(C)(O)C(C)(C)C.CS(=O)(=O)O. The number of fused-ring (bicyclic) bond motifs is 4. The fourth-order valence-electron chi connectivity index (χ4n) is 4.95. The predicted molar refractivity (Wildman–Crippen MR) is 120 cm³/mol. The Kier molecular flexibility index (Phi) is 7.04. The first-order chi connectivity index (χ1) is 13.5. The monoisotopic (exact) mass is 441 g/mol. The molecule has 1 unspecified atom stereocenters. The molecule has 7 heteroatoms. The minimum atomic E-state index is -3.67. The van der Waals surface area contributed by atoms with Crippen LogP contribution in [-0.4, -0.2) is 59.6 Å². The summed E-state index contributed by atoms with van der Waals surface area (Å²) < 4.78 is 25.9. The molecule has 0 amide bonds. The van der Waals surface area contributed by atoms with Crippen LogP contribution in [0.15, 0.2) is 18.2 Å². The molecule has 0 spiro atoms. The van der Waals surface area contributed by atoms with Gasteiger partial charge in [-0.2, -0.15) is 8.42 Å². The number of hydrogen-bond donors (Lipinski definition) is 3. The molecule has 1 aromatic rings. The van der Waals surface area contributed by atoms with Gasteiger partial charge in [0.2, 0.25) is 0 Å². The zero-order valence-corrected chi connectivity index (χ0v) is 20.3. The van der Waals surface area contributed by atoms with Gasteiger partial charge in [-0.05, 0) is 86.2 Å². The van der Waals surface area contributed by atoms with Crippen LogP contribution in [-0.2, 0) is 22.0 Å². The summed E-state index contributed by atoms with van der Waals surface area (Å²) in [5, 5.41) is 21.0. The summed E-state index contributed by atoms with van der Waals surface area (Å²) in [5.74, 6) is 0.882. The summed E-state index contributed by atoms with van der Waals surface area (Å²) in [7, 11) is -1.43. The van der Waals surface area contributed by atoms with Gasteiger partial charge in [-0.3, -0.25) is 4.55 Å². The van der Waals surface area contributed by atoms with Crippen LogP contribution >= 0.6 is 0 Å². The van der Waals surface area contributed by atoms with Crippen molar-refractivity contribution in [3.63, 3.8) is 0 Å². The van der Waals surface area contributed by atoms with E-state index in [4.69, 9.17) is 4.55 Å². The molecule has 3 rings (SSSR count). The maximum Gasteiger partial charge on any atom is 0.261 e. The first-order valence-electron chi connectivity index (χ1n) is 10.6. The van der Waals surface area contributed by atoms with Crippen LogP contribution in [0.1, 0.15) is 65.0 Å². The molecule has 1 fully saturated rings. The van der Waals surface area contributed by atoms with E-state index in [1.807, 2.05) is 19.1 Å². The van der Waals surface area contributed by atoms with E-state index in [-0.39, 0.29) is 10.8 Å². The smallest absolute Gasteiger partial charge is 0.261 e. The Balaban J connectivity index is 0.000000575. The number of phenolic OH excluding ortho intramolecular Hbond substituents is 1. The number of aliphatic hydroxyl groups is 1. The van der Waals surface area contributed by atoms with Crippen LogP contribution in [0.25, 0.3) is 0 Å². The summed E-state index contributed by atoms with van der Waals surface area (Å²) in [6.07, 6.45) is 4.70. The Morgan fingerprint density at radius 1 is 1.23 bits per heavy atom. The number of phenols is 1. The van der Waals surface area contributed by atoms with E-state index < -0.39 is 15.7 Å². The van der Waals surface area contributed by atoms with E-state index in [0.717, 1.165) is 32.2 Å². The second-order valence-corrected chi connectivity index (χ2v) is 12.1. The lowest BCUT2D eigenvalue weighted by atomic mass is 9.56.